The van der Waals surface area contributed by atoms with Crippen LogP contribution in [0.15, 0.2) is 59.9 Å². The van der Waals surface area contributed by atoms with Crippen molar-refractivity contribution in [2.45, 2.75) is 0 Å². The summed E-state index contributed by atoms with van der Waals surface area (Å²) in [4.78, 5) is 12.2. The smallest absolute Gasteiger partial charge is 0.249 e. The predicted molar refractivity (Wildman–Crippen MR) is 74.9 cm³/mol. The summed E-state index contributed by atoms with van der Waals surface area (Å²) in [5.41, 5.74) is 0.672. The molecule has 0 saturated heterocycles. The third-order valence-electron chi connectivity index (χ3n) is 2.81. The van der Waals surface area contributed by atoms with E-state index in [2.05, 4.69) is 15.0 Å². The lowest BCUT2D eigenvalue weighted by Gasteiger charge is -2.04. The first-order valence-corrected chi connectivity index (χ1v) is 5.86. The lowest BCUT2D eigenvalue weighted by atomic mass is 10.0. The number of aromatic nitrogens is 2. The van der Waals surface area contributed by atoms with Crippen LogP contribution in [0.1, 0.15) is 5.56 Å². The molecule has 2 aromatic carbocycles. The molecule has 19 heavy (non-hydrogen) atoms. The van der Waals surface area contributed by atoms with Crippen molar-refractivity contribution in [1.29, 1.82) is 0 Å². The Kier molecular flexibility index (Phi) is 2.90. The molecule has 0 unspecified atom stereocenters. The fourth-order valence-electron chi connectivity index (χ4n) is 1.90. The largest absolute Gasteiger partial charge is 0.507 e. The van der Waals surface area contributed by atoms with Crippen LogP contribution < -0.4 is 0 Å². The van der Waals surface area contributed by atoms with E-state index in [1.807, 2.05) is 30.3 Å². The zero-order valence-electron chi connectivity index (χ0n) is 10.1. The van der Waals surface area contributed by atoms with E-state index in [1.165, 1.54) is 0 Å². The zero-order chi connectivity index (χ0) is 13.1. The number of hydrogen-bond donors (Lipinski definition) is 1. The molecule has 3 rings (SSSR count). The Hall–Kier alpha value is -2.75. The Morgan fingerprint density at radius 2 is 1.74 bits per heavy atom. The second kappa shape index (κ2) is 4.86. The summed E-state index contributed by atoms with van der Waals surface area (Å²) >= 11 is 0. The van der Waals surface area contributed by atoms with Gasteiger partial charge >= 0.3 is 0 Å². The Morgan fingerprint density at radius 3 is 2.58 bits per heavy atom. The standard InChI is InChI=1S/C15H11N3O/c19-14-7-6-11-4-1-2-5-12(11)13(14)10-18-15-16-8-3-9-17-15/h1-10,19H. The highest BCUT2D eigenvalue weighted by molar-refractivity contribution is 6.02. The number of aliphatic imine (C=N–C) groups is 1. The van der Waals surface area contributed by atoms with Crippen LogP contribution in [-0.2, 0) is 0 Å². The van der Waals surface area contributed by atoms with Crippen molar-refractivity contribution in [3.63, 3.8) is 0 Å². The minimum Gasteiger partial charge on any atom is -0.507 e. The molecule has 0 amide bonds. The van der Waals surface area contributed by atoms with Gasteiger partial charge in [-0.05, 0) is 22.9 Å². The molecule has 0 bridgehead atoms. The van der Waals surface area contributed by atoms with Crippen molar-refractivity contribution in [1.82, 2.24) is 9.97 Å². The van der Waals surface area contributed by atoms with E-state index in [4.69, 9.17) is 0 Å². The Labute approximate surface area is 110 Å². The molecular formula is C15H11N3O. The minimum atomic E-state index is 0.193. The van der Waals surface area contributed by atoms with Gasteiger partial charge in [0.2, 0.25) is 5.95 Å². The molecule has 0 radical (unpaired) electrons. The summed E-state index contributed by atoms with van der Waals surface area (Å²) in [5.74, 6) is 0.563. The Bertz CT molecular complexity index is 739. The molecule has 1 N–H and O–H groups in total. The summed E-state index contributed by atoms with van der Waals surface area (Å²) in [6.45, 7) is 0. The molecule has 1 heterocycles. The van der Waals surface area contributed by atoms with Gasteiger partial charge in [0, 0.05) is 24.2 Å². The monoisotopic (exact) mass is 249 g/mol. The number of aromatic hydroxyl groups is 1. The number of fused-ring (bicyclic) bond motifs is 1. The molecule has 3 aromatic rings. The van der Waals surface area contributed by atoms with Gasteiger partial charge in [0.05, 0.1) is 0 Å². The van der Waals surface area contributed by atoms with Gasteiger partial charge < -0.3 is 5.11 Å². The molecule has 0 aliphatic carbocycles. The first-order valence-electron chi connectivity index (χ1n) is 5.86. The number of rotatable bonds is 2. The molecule has 92 valence electrons. The topological polar surface area (TPSA) is 58.4 Å². The van der Waals surface area contributed by atoms with Gasteiger partial charge in [-0.3, -0.25) is 0 Å². The molecule has 0 spiro atoms. The fraction of sp³-hybridized carbons (Fsp3) is 0. The van der Waals surface area contributed by atoms with Crippen molar-refractivity contribution in [3.05, 3.63) is 60.4 Å². The third-order valence-corrected chi connectivity index (χ3v) is 2.81. The van der Waals surface area contributed by atoms with Crippen LogP contribution in [0.4, 0.5) is 5.95 Å². The lowest BCUT2D eigenvalue weighted by molar-refractivity contribution is 0.475. The second-order valence-electron chi connectivity index (χ2n) is 4.03. The molecule has 1 aromatic heterocycles. The van der Waals surface area contributed by atoms with Gasteiger partial charge in [-0.25, -0.2) is 15.0 Å². The maximum Gasteiger partial charge on any atom is 0.249 e. The second-order valence-corrected chi connectivity index (χ2v) is 4.03. The fourth-order valence-corrected chi connectivity index (χ4v) is 1.90. The molecule has 0 atom stereocenters. The van der Waals surface area contributed by atoms with Gasteiger partial charge in [0.1, 0.15) is 5.75 Å². The molecule has 0 aliphatic heterocycles. The van der Waals surface area contributed by atoms with Gasteiger partial charge in [0.15, 0.2) is 0 Å². The van der Waals surface area contributed by atoms with Gasteiger partial charge in [-0.15, -0.1) is 0 Å². The van der Waals surface area contributed by atoms with Crippen LogP contribution in [0.5, 0.6) is 5.75 Å². The number of phenols is 1. The van der Waals surface area contributed by atoms with Crippen LogP contribution in [0.25, 0.3) is 10.8 Å². The third kappa shape index (κ3) is 2.28. The van der Waals surface area contributed by atoms with Crippen molar-refractivity contribution in [2.24, 2.45) is 4.99 Å². The van der Waals surface area contributed by atoms with Crippen molar-refractivity contribution in [3.8, 4) is 5.75 Å². The summed E-state index contributed by atoms with van der Waals surface area (Å²) in [5, 5.41) is 12.0. The summed E-state index contributed by atoms with van der Waals surface area (Å²) in [6.07, 6.45) is 4.85. The molecule has 0 saturated carbocycles. The van der Waals surface area contributed by atoms with Gasteiger partial charge in [-0.1, -0.05) is 30.3 Å². The maximum absolute atomic E-state index is 9.95. The highest BCUT2D eigenvalue weighted by Crippen LogP contribution is 2.25. The van der Waals surface area contributed by atoms with Crippen LogP contribution in [-0.4, -0.2) is 21.3 Å². The summed E-state index contributed by atoms with van der Waals surface area (Å²) < 4.78 is 0. The molecular weight excluding hydrogens is 238 g/mol. The van der Waals surface area contributed by atoms with Gasteiger partial charge in [-0.2, -0.15) is 0 Å². The van der Waals surface area contributed by atoms with E-state index in [-0.39, 0.29) is 5.75 Å². The van der Waals surface area contributed by atoms with E-state index >= 15 is 0 Å². The first-order chi connectivity index (χ1) is 9.34. The number of phenolic OH excluding ortho intramolecular Hbond substituents is 1. The van der Waals surface area contributed by atoms with E-state index in [1.54, 1.807) is 30.7 Å². The quantitative estimate of drug-likeness (QED) is 0.710. The Morgan fingerprint density at radius 1 is 0.947 bits per heavy atom. The number of hydrogen-bond acceptors (Lipinski definition) is 4. The van der Waals surface area contributed by atoms with E-state index in [0.29, 0.717) is 11.5 Å². The highest BCUT2D eigenvalue weighted by Gasteiger charge is 2.04. The summed E-state index contributed by atoms with van der Waals surface area (Å²) in [7, 11) is 0. The maximum atomic E-state index is 9.95. The normalized spacial score (nSPS) is 11.2. The average Bonchev–Trinajstić information content (AvgIpc) is 2.47. The first kappa shape index (κ1) is 11.3. The van der Waals surface area contributed by atoms with Crippen molar-refractivity contribution in [2.75, 3.05) is 0 Å². The lowest BCUT2D eigenvalue weighted by Crippen LogP contribution is -1.87. The molecule has 4 heteroatoms. The van der Waals surface area contributed by atoms with E-state index in [9.17, 15) is 5.11 Å². The molecule has 0 fully saturated rings. The van der Waals surface area contributed by atoms with Crippen molar-refractivity contribution >= 4 is 22.9 Å². The van der Waals surface area contributed by atoms with Crippen LogP contribution >= 0.6 is 0 Å². The van der Waals surface area contributed by atoms with Crippen molar-refractivity contribution < 1.29 is 5.11 Å². The van der Waals surface area contributed by atoms with Crippen LogP contribution in [0.3, 0.4) is 0 Å². The average molecular weight is 249 g/mol. The SMILES string of the molecule is Oc1ccc2ccccc2c1C=Nc1ncccn1. The highest BCUT2D eigenvalue weighted by atomic mass is 16.3. The minimum absolute atomic E-state index is 0.193. The molecule has 4 nitrogen and oxygen atoms in total. The van der Waals surface area contributed by atoms with E-state index < -0.39 is 0 Å². The zero-order valence-corrected chi connectivity index (χ0v) is 10.1. The van der Waals surface area contributed by atoms with Crippen LogP contribution in [0.2, 0.25) is 0 Å². The summed E-state index contributed by atoms with van der Waals surface area (Å²) in [6, 6.07) is 13.1. The number of benzene rings is 2. The number of nitrogens with zero attached hydrogens (tertiary/aromatic N) is 3. The van der Waals surface area contributed by atoms with Crippen LogP contribution in [0, 0.1) is 0 Å². The predicted octanol–water partition coefficient (Wildman–Crippen LogP) is 3.09. The van der Waals surface area contributed by atoms with E-state index in [0.717, 1.165) is 10.8 Å². The molecule has 0 aliphatic rings. The Balaban J connectivity index is 2.10. The van der Waals surface area contributed by atoms with Gasteiger partial charge in [0.25, 0.3) is 0 Å².